The molecule has 1 rings (SSSR count). The predicted molar refractivity (Wildman–Crippen MR) is 410 cm³/mol. The standard InChI is InChI=1S/C86H157NO8/c1-3-5-7-9-11-13-15-17-19-21-23-25-27-29-31-33-35-37-38-39-40-41-42-44-46-48-50-52-54-56-58-60-62-64-66-68-70-72-74-76-82(90)87-79(78-94-86-85(93)84(92)83(91)81(77-88)95-86)80(89)75-73-71-69-67-65-63-61-59-57-55-53-51-49-47-45-43-36-34-32-30-28-26-24-22-20-18-16-14-12-10-8-6-4-2/h5,7,11,13,17,19,23,25,57,59,65,67,73,75,79-81,83-86,88-89,91-93H,3-4,6,8-10,12,14-16,18,20-22,24,26-56,58,60-64,66,68-72,74,76-78H2,1-2H3,(H,87,90)/b7-5-,13-11-,19-17-,25-23-,59-57+,67-65+,75-73+. The summed E-state index contributed by atoms with van der Waals surface area (Å²) in [6.45, 7) is 3.70. The Morgan fingerprint density at radius 2 is 0.663 bits per heavy atom. The van der Waals surface area contributed by atoms with Crippen LogP contribution < -0.4 is 5.32 Å². The maximum absolute atomic E-state index is 13.2. The van der Waals surface area contributed by atoms with Crippen molar-refractivity contribution in [2.24, 2.45) is 0 Å². The van der Waals surface area contributed by atoms with Gasteiger partial charge in [0.1, 0.15) is 24.4 Å². The molecule has 9 nitrogen and oxygen atoms in total. The summed E-state index contributed by atoms with van der Waals surface area (Å²) in [6, 6.07) is -0.832. The van der Waals surface area contributed by atoms with Crippen LogP contribution in [-0.4, -0.2) is 87.5 Å². The molecule has 1 saturated heterocycles. The maximum Gasteiger partial charge on any atom is 0.220 e. The third-order valence-electron chi connectivity index (χ3n) is 19.4. The normalized spacial score (nSPS) is 17.9. The number of allylic oxidation sites excluding steroid dienone is 13. The Bertz CT molecular complexity index is 1790. The highest BCUT2D eigenvalue weighted by Crippen LogP contribution is 2.24. The van der Waals surface area contributed by atoms with Crippen molar-refractivity contribution in [2.75, 3.05) is 13.2 Å². The summed E-state index contributed by atoms with van der Waals surface area (Å²) in [5.74, 6) is -0.184. The third-order valence-corrected chi connectivity index (χ3v) is 19.4. The molecule has 0 radical (unpaired) electrons. The SMILES string of the molecule is CC/C=C\C/C=C\C/C=C\C/C=C\CCCCCCCCCCCCCCCCCCCCCCCCCCCCC(=O)NC(COC1OC(CO)C(O)C(O)C1O)C(O)/C=C/CC/C=C/CC/C=C/CCCCCCCCCCCCCCCCCCCCCCCCC. The molecule has 1 heterocycles. The molecule has 0 bridgehead atoms. The first-order chi connectivity index (χ1) is 46.8. The van der Waals surface area contributed by atoms with Crippen molar-refractivity contribution in [2.45, 2.75) is 442 Å². The number of aliphatic hydroxyl groups excluding tert-OH is 5. The van der Waals surface area contributed by atoms with E-state index in [0.717, 1.165) is 70.6 Å². The molecule has 0 aromatic rings. The molecule has 0 aromatic carbocycles. The third kappa shape index (κ3) is 62.1. The lowest BCUT2D eigenvalue weighted by atomic mass is 9.99. The number of hydrogen-bond acceptors (Lipinski definition) is 8. The fourth-order valence-electron chi connectivity index (χ4n) is 13.1. The Morgan fingerprint density at radius 3 is 1.01 bits per heavy atom. The van der Waals surface area contributed by atoms with Crippen LogP contribution in [0, 0.1) is 0 Å². The van der Waals surface area contributed by atoms with E-state index in [1.807, 2.05) is 6.08 Å². The van der Waals surface area contributed by atoms with Gasteiger partial charge in [0.15, 0.2) is 6.29 Å². The number of carbonyl (C=O) groups is 1. The summed E-state index contributed by atoms with van der Waals surface area (Å²) in [6.07, 6.45) is 100. The minimum Gasteiger partial charge on any atom is -0.394 e. The van der Waals surface area contributed by atoms with E-state index in [0.29, 0.717) is 6.42 Å². The molecule has 7 atom stereocenters. The van der Waals surface area contributed by atoms with Gasteiger partial charge in [-0.15, -0.1) is 0 Å². The molecule has 1 aliphatic heterocycles. The summed E-state index contributed by atoms with van der Waals surface area (Å²) in [5.41, 5.74) is 0. The van der Waals surface area contributed by atoms with Gasteiger partial charge in [0, 0.05) is 6.42 Å². The number of nitrogens with one attached hydrogen (secondary N) is 1. The summed E-state index contributed by atoms with van der Waals surface area (Å²) in [4.78, 5) is 13.2. The second-order valence-electron chi connectivity index (χ2n) is 28.5. The van der Waals surface area contributed by atoms with Crippen LogP contribution in [0.3, 0.4) is 0 Å². The van der Waals surface area contributed by atoms with Crippen LogP contribution >= 0.6 is 0 Å². The fourth-order valence-corrected chi connectivity index (χ4v) is 13.1. The molecule has 1 amide bonds. The van der Waals surface area contributed by atoms with Gasteiger partial charge in [0.25, 0.3) is 0 Å². The highest BCUT2D eigenvalue weighted by atomic mass is 16.7. The molecule has 7 unspecified atom stereocenters. The Balaban J connectivity index is 2.07. The zero-order valence-electron chi connectivity index (χ0n) is 62.4. The number of rotatable bonds is 73. The van der Waals surface area contributed by atoms with Crippen molar-refractivity contribution in [3.05, 3.63) is 85.1 Å². The summed E-state index contributed by atoms with van der Waals surface area (Å²) in [7, 11) is 0. The molecule has 6 N–H and O–H groups in total. The van der Waals surface area contributed by atoms with E-state index in [1.54, 1.807) is 6.08 Å². The van der Waals surface area contributed by atoms with Crippen LogP contribution in [-0.2, 0) is 14.3 Å². The van der Waals surface area contributed by atoms with Crippen molar-refractivity contribution >= 4 is 5.91 Å². The van der Waals surface area contributed by atoms with Crippen LogP contribution in [0.25, 0.3) is 0 Å². The number of carbonyl (C=O) groups excluding carboxylic acids is 1. The number of hydrogen-bond donors (Lipinski definition) is 6. The van der Waals surface area contributed by atoms with Crippen molar-refractivity contribution in [1.29, 1.82) is 0 Å². The highest BCUT2D eigenvalue weighted by molar-refractivity contribution is 5.76. The fraction of sp³-hybridized carbons (Fsp3) is 0.826. The van der Waals surface area contributed by atoms with Gasteiger partial charge in [-0.2, -0.15) is 0 Å². The molecule has 1 fully saturated rings. The zero-order valence-corrected chi connectivity index (χ0v) is 62.4. The molecule has 0 saturated carbocycles. The first kappa shape index (κ1) is 90.4. The van der Waals surface area contributed by atoms with Gasteiger partial charge in [0.05, 0.1) is 25.4 Å². The van der Waals surface area contributed by atoms with Crippen LogP contribution in [0.2, 0.25) is 0 Å². The highest BCUT2D eigenvalue weighted by Gasteiger charge is 2.44. The van der Waals surface area contributed by atoms with Gasteiger partial charge in [-0.1, -0.05) is 394 Å². The lowest BCUT2D eigenvalue weighted by Gasteiger charge is -2.40. The van der Waals surface area contributed by atoms with E-state index in [-0.39, 0.29) is 12.5 Å². The second kappa shape index (κ2) is 74.1. The average Bonchev–Trinajstić information content (AvgIpc) is 0.836. The smallest absolute Gasteiger partial charge is 0.220 e. The number of amides is 1. The molecule has 554 valence electrons. The lowest BCUT2D eigenvalue weighted by molar-refractivity contribution is -0.302. The molecule has 0 spiro atoms. The molecule has 95 heavy (non-hydrogen) atoms. The van der Waals surface area contributed by atoms with Gasteiger partial charge < -0.3 is 40.3 Å². The van der Waals surface area contributed by atoms with E-state index in [4.69, 9.17) is 9.47 Å². The van der Waals surface area contributed by atoms with E-state index in [2.05, 4.69) is 92.1 Å². The van der Waals surface area contributed by atoms with Crippen molar-refractivity contribution in [3.63, 3.8) is 0 Å². The Hall–Kier alpha value is -2.63. The zero-order chi connectivity index (χ0) is 68.5. The van der Waals surface area contributed by atoms with Crippen molar-refractivity contribution < 1.29 is 39.8 Å². The van der Waals surface area contributed by atoms with E-state index in [9.17, 15) is 30.3 Å². The van der Waals surface area contributed by atoms with Crippen LogP contribution in [0.4, 0.5) is 0 Å². The second-order valence-corrected chi connectivity index (χ2v) is 28.5. The van der Waals surface area contributed by atoms with Gasteiger partial charge in [0.2, 0.25) is 5.91 Å². The maximum atomic E-state index is 13.2. The van der Waals surface area contributed by atoms with Crippen LogP contribution in [0.1, 0.15) is 399 Å². The number of ether oxygens (including phenoxy) is 2. The quantitative estimate of drug-likeness (QED) is 0.0261. The topological polar surface area (TPSA) is 149 Å². The van der Waals surface area contributed by atoms with E-state index in [1.165, 1.54) is 308 Å². The Kier molecular flexibility index (Phi) is 70.5. The van der Waals surface area contributed by atoms with Crippen LogP contribution in [0.5, 0.6) is 0 Å². The van der Waals surface area contributed by atoms with E-state index >= 15 is 0 Å². The van der Waals surface area contributed by atoms with Crippen molar-refractivity contribution in [3.8, 4) is 0 Å². The van der Waals surface area contributed by atoms with Crippen molar-refractivity contribution in [1.82, 2.24) is 5.32 Å². The summed E-state index contributed by atoms with van der Waals surface area (Å²) < 4.78 is 11.3. The summed E-state index contributed by atoms with van der Waals surface area (Å²) >= 11 is 0. The molecule has 1 aliphatic rings. The number of aliphatic hydroxyl groups is 5. The molecular weight excluding hydrogens is 1170 g/mol. The van der Waals surface area contributed by atoms with Gasteiger partial charge in [-0.25, -0.2) is 0 Å². The van der Waals surface area contributed by atoms with Gasteiger partial charge in [-0.05, 0) is 83.5 Å². The molecule has 0 aromatic heterocycles. The number of unbranched alkanes of at least 4 members (excludes halogenated alkanes) is 51. The average molecular weight is 1330 g/mol. The molecule has 9 heteroatoms. The lowest BCUT2D eigenvalue weighted by Crippen LogP contribution is -2.60. The molecule has 0 aliphatic carbocycles. The van der Waals surface area contributed by atoms with Crippen LogP contribution in [0.15, 0.2) is 85.1 Å². The monoisotopic (exact) mass is 1330 g/mol. The first-order valence-corrected chi connectivity index (χ1v) is 41.3. The predicted octanol–water partition coefficient (Wildman–Crippen LogP) is 24.0. The molecular formula is C86H157NO8. The first-order valence-electron chi connectivity index (χ1n) is 41.3. The largest absolute Gasteiger partial charge is 0.394 e. The minimum absolute atomic E-state index is 0.184. The summed E-state index contributed by atoms with van der Waals surface area (Å²) in [5, 5.41) is 54.9. The van der Waals surface area contributed by atoms with E-state index < -0.39 is 49.5 Å². The Morgan fingerprint density at radius 1 is 0.368 bits per heavy atom. The van der Waals surface area contributed by atoms with Gasteiger partial charge >= 0.3 is 0 Å². The minimum atomic E-state index is -1.58. The van der Waals surface area contributed by atoms with Gasteiger partial charge in [-0.3, -0.25) is 4.79 Å². The Labute approximate surface area is 588 Å².